The molecule has 0 saturated carbocycles. The SMILES string of the molecule is COC(=O)[C@H](CNCc1ccccc1)[C@@H](O[Si](C)(C)C(C)(C)C)c1ccccc1. The Morgan fingerprint density at radius 2 is 1.55 bits per heavy atom. The van der Waals surface area contributed by atoms with E-state index in [1.807, 2.05) is 48.5 Å². The lowest BCUT2D eigenvalue weighted by molar-refractivity contribution is -0.149. The van der Waals surface area contributed by atoms with Crippen molar-refractivity contribution in [3.8, 4) is 0 Å². The van der Waals surface area contributed by atoms with E-state index in [9.17, 15) is 4.79 Å². The Kier molecular flexibility index (Phi) is 8.20. The second kappa shape index (κ2) is 10.2. The minimum absolute atomic E-state index is 0.0398. The molecule has 0 fully saturated rings. The van der Waals surface area contributed by atoms with Crippen LogP contribution in [0.1, 0.15) is 38.0 Å². The molecule has 1 N–H and O–H groups in total. The van der Waals surface area contributed by atoms with Gasteiger partial charge < -0.3 is 14.5 Å². The fourth-order valence-electron chi connectivity index (χ4n) is 2.95. The molecule has 0 aliphatic rings. The Hall–Kier alpha value is -1.95. The molecule has 0 saturated heterocycles. The lowest BCUT2D eigenvalue weighted by Gasteiger charge is -2.41. The van der Waals surface area contributed by atoms with Gasteiger partial charge in [-0.2, -0.15) is 0 Å². The number of carbonyl (C=O) groups is 1. The number of ether oxygens (including phenoxy) is 1. The molecule has 0 spiro atoms. The highest BCUT2D eigenvalue weighted by molar-refractivity contribution is 6.74. The summed E-state index contributed by atoms with van der Waals surface area (Å²) in [5.41, 5.74) is 2.19. The van der Waals surface area contributed by atoms with Crippen LogP contribution in [0.4, 0.5) is 0 Å². The predicted octanol–water partition coefficient (Wildman–Crippen LogP) is 5.33. The van der Waals surface area contributed by atoms with Crippen LogP contribution in [0.15, 0.2) is 60.7 Å². The van der Waals surface area contributed by atoms with E-state index in [0.717, 1.165) is 5.56 Å². The maximum Gasteiger partial charge on any atom is 0.312 e. The number of carbonyl (C=O) groups excluding carboxylic acids is 1. The highest BCUT2D eigenvalue weighted by atomic mass is 28.4. The maximum absolute atomic E-state index is 12.8. The minimum atomic E-state index is -2.11. The molecule has 0 aliphatic heterocycles. The fraction of sp³-hybridized carbons (Fsp3) is 0.458. The summed E-state index contributed by atoms with van der Waals surface area (Å²) in [4.78, 5) is 12.8. The number of methoxy groups -OCH3 is 1. The molecule has 5 heteroatoms. The summed E-state index contributed by atoms with van der Waals surface area (Å²) in [6.07, 6.45) is -0.354. The average Bonchev–Trinajstić information content (AvgIpc) is 2.70. The van der Waals surface area contributed by atoms with Gasteiger partial charge in [-0.3, -0.25) is 4.79 Å². The molecule has 2 aromatic rings. The van der Waals surface area contributed by atoms with Crippen molar-refractivity contribution >= 4 is 14.3 Å². The fourth-order valence-corrected chi connectivity index (χ4v) is 4.24. The summed E-state index contributed by atoms with van der Waals surface area (Å²) in [5, 5.41) is 3.47. The molecule has 0 unspecified atom stereocenters. The van der Waals surface area contributed by atoms with E-state index in [2.05, 4.69) is 51.3 Å². The van der Waals surface area contributed by atoms with Gasteiger partial charge in [0.2, 0.25) is 0 Å². The van der Waals surface area contributed by atoms with E-state index in [0.29, 0.717) is 13.1 Å². The van der Waals surface area contributed by atoms with E-state index in [1.54, 1.807) is 0 Å². The second-order valence-electron chi connectivity index (χ2n) is 8.96. The third-order valence-corrected chi connectivity index (χ3v) is 10.2. The van der Waals surface area contributed by atoms with E-state index < -0.39 is 14.2 Å². The van der Waals surface area contributed by atoms with Gasteiger partial charge in [-0.25, -0.2) is 0 Å². The summed E-state index contributed by atoms with van der Waals surface area (Å²) in [6, 6.07) is 20.2. The van der Waals surface area contributed by atoms with Gasteiger partial charge in [-0.05, 0) is 29.3 Å². The van der Waals surface area contributed by atoms with Gasteiger partial charge >= 0.3 is 5.97 Å². The normalized spacial score (nSPS) is 14.3. The predicted molar refractivity (Wildman–Crippen MR) is 121 cm³/mol. The van der Waals surface area contributed by atoms with Gasteiger partial charge in [-0.15, -0.1) is 0 Å². The average molecular weight is 414 g/mol. The van der Waals surface area contributed by atoms with Gasteiger partial charge in [0, 0.05) is 13.1 Å². The van der Waals surface area contributed by atoms with Crippen molar-refractivity contribution in [1.82, 2.24) is 5.32 Å². The van der Waals surface area contributed by atoms with Crippen LogP contribution in [0.25, 0.3) is 0 Å². The monoisotopic (exact) mass is 413 g/mol. The third kappa shape index (κ3) is 6.52. The van der Waals surface area contributed by atoms with Crippen molar-refractivity contribution in [3.05, 3.63) is 71.8 Å². The van der Waals surface area contributed by atoms with Crippen LogP contribution in [0.2, 0.25) is 18.1 Å². The first-order chi connectivity index (χ1) is 13.7. The molecule has 4 nitrogen and oxygen atoms in total. The van der Waals surface area contributed by atoms with Crippen molar-refractivity contribution in [1.29, 1.82) is 0 Å². The summed E-state index contributed by atoms with van der Waals surface area (Å²) >= 11 is 0. The lowest BCUT2D eigenvalue weighted by atomic mass is 9.95. The summed E-state index contributed by atoms with van der Waals surface area (Å²) < 4.78 is 11.9. The van der Waals surface area contributed by atoms with Gasteiger partial charge in [0.15, 0.2) is 8.32 Å². The number of rotatable bonds is 9. The lowest BCUT2D eigenvalue weighted by Crippen LogP contribution is -2.45. The van der Waals surface area contributed by atoms with Crippen LogP contribution < -0.4 is 5.32 Å². The third-order valence-electron chi connectivity index (χ3n) is 5.76. The molecular formula is C24H35NO3Si. The van der Waals surface area contributed by atoms with Crippen LogP contribution in [-0.4, -0.2) is 27.9 Å². The van der Waals surface area contributed by atoms with Crippen molar-refractivity contribution in [2.45, 2.75) is 51.6 Å². The van der Waals surface area contributed by atoms with E-state index in [-0.39, 0.29) is 17.1 Å². The standard InChI is InChI=1S/C24H35NO3Si/c1-24(2,3)29(5,6)28-22(20-15-11-8-12-16-20)21(23(26)27-4)18-25-17-19-13-9-7-10-14-19/h7-16,21-22,25H,17-18H2,1-6H3/t21-,22+/m1/s1. The largest absolute Gasteiger partial charge is 0.469 e. The zero-order valence-electron chi connectivity index (χ0n) is 18.6. The minimum Gasteiger partial charge on any atom is -0.469 e. The van der Waals surface area contributed by atoms with Crippen molar-refractivity contribution in [2.24, 2.45) is 5.92 Å². The first-order valence-corrected chi connectivity index (χ1v) is 13.1. The van der Waals surface area contributed by atoms with Crippen LogP contribution in [0, 0.1) is 5.92 Å². The zero-order chi connectivity index (χ0) is 21.5. The number of hydrogen-bond acceptors (Lipinski definition) is 4. The highest BCUT2D eigenvalue weighted by Gasteiger charge is 2.42. The van der Waals surface area contributed by atoms with Crippen LogP contribution in [0.5, 0.6) is 0 Å². The van der Waals surface area contributed by atoms with Gasteiger partial charge in [0.05, 0.1) is 19.1 Å². The maximum atomic E-state index is 12.8. The van der Waals surface area contributed by atoms with Crippen LogP contribution in [-0.2, 0) is 20.5 Å². The van der Waals surface area contributed by atoms with Gasteiger partial charge in [0.25, 0.3) is 0 Å². The molecule has 0 radical (unpaired) electrons. The van der Waals surface area contributed by atoms with Crippen LogP contribution >= 0.6 is 0 Å². The molecule has 0 amide bonds. The first kappa shape index (κ1) is 23.3. The molecule has 2 atom stereocenters. The summed E-state index contributed by atoms with van der Waals surface area (Å²) in [5.74, 6) is -0.682. The van der Waals surface area contributed by atoms with E-state index in [1.165, 1.54) is 12.7 Å². The number of nitrogens with one attached hydrogen (secondary N) is 1. The molecule has 29 heavy (non-hydrogen) atoms. The Balaban J connectivity index is 2.27. The second-order valence-corrected chi connectivity index (χ2v) is 13.7. The Morgan fingerprint density at radius 3 is 2.07 bits per heavy atom. The topological polar surface area (TPSA) is 47.6 Å². The molecule has 2 rings (SSSR count). The van der Waals surface area contributed by atoms with E-state index >= 15 is 0 Å². The quantitative estimate of drug-likeness (QED) is 0.446. The number of esters is 1. The molecular weight excluding hydrogens is 378 g/mol. The van der Waals surface area contributed by atoms with Crippen molar-refractivity contribution < 1.29 is 14.0 Å². The highest BCUT2D eigenvalue weighted by Crippen LogP contribution is 2.41. The van der Waals surface area contributed by atoms with Crippen LogP contribution in [0.3, 0.4) is 0 Å². The Bertz CT molecular complexity index is 757. The summed E-state index contributed by atoms with van der Waals surface area (Å²) in [7, 11) is -0.666. The van der Waals surface area contributed by atoms with E-state index in [4.69, 9.17) is 9.16 Å². The number of benzene rings is 2. The van der Waals surface area contributed by atoms with Gasteiger partial charge in [0.1, 0.15) is 0 Å². The molecule has 2 aromatic carbocycles. The smallest absolute Gasteiger partial charge is 0.312 e. The van der Waals surface area contributed by atoms with Crippen molar-refractivity contribution in [2.75, 3.05) is 13.7 Å². The molecule has 0 heterocycles. The zero-order valence-corrected chi connectivity index (χ0v) is 19.6. The Labute approximate surface area is 176 Å². The molecule has 0 aliphatic carbocycles. The first-order valence-electron chi connectivity index (χ1n) is 10.2. The van der Waals surface area contributed by atoms with Gasteiger partial charge in [-0.1, -0.05) is 81.4 Å². The molecule has 158 valence electrons. The Morgan fingerprint density at radius 1 is 1.00 bits per heavy atom. The van der Waals surface area contributed by atoms with Crippen molar-refractivity contribution in [3.63, 3.8) is 0 Å². The number of hydrogen-bond donors (Lipinski definition) is 1. The molecule has 0 bridgehead atoms. The molecule has 0 aromatic heterocycles. The summed E-state index contributed by atoms with van der Waals surface area (Å²) in [6.45, 7) is 12.2.